The largest absolute Gasteiger partial charge is 0.494 e. The molecule has 0 aliphatic heterocycles. The molecule has 3 rings (SSSR count). The molecule has 0 aliphatic carbocycles. The van der Waals surface area contributed by atoms with Gasteiger partial charge in [0.2, 0.25) is 11.6 Å². The molecule has 2 N–H and O–H groups in total. The lowest BCUT2D eigenvalue weighted by Crippen LogP contribution is -2.05. The van der Waals surface area contributed by atoms with Crippen molar-refractivity contribution in [2.75, 3.05) is 17.2 Å². The molecule has 8 nitrogen and oxygen atoms in total. The summed E-state index contributed by atoms with van der Waals surface area (Å²) in [6.45, 7) is 2.73. The highest BCUT2D eigenvalue weighted by atomic mass is 19.1. The fourth-order valence-corrected chi connectivity index (χ4v) is 2.51. The third-order valence-corrected chi connectivity index (χ3v) is 4.00. The molecular formula is C20H20FN5O3. The van der Waals surface area contributed by atoms with Crippen LogP contribution in [0.4, 0.5) is 33.1 Å². The Balaban J connectivity index is 1.80. The zero-order chi connectivity index (χ0) is 20.6. The fraction of sp³-hybridized carbons (Fsp3) is 0.200. The van der Waals surface area contributed by atoms with E-state index >= 15 is 0 Å². The quantitative estimate of drug-likeness (QED) is 0.291. The van der Waals surface area contributed by atoms with Crippen molar-refractivity contribution in [3.8, 4) is 5.75 Å². The Kier molecular flexibility index (Phi) is 6.51. The summed E-state index contributed by atoms with van der Waals surface area (Å²) in [6, 6.07) is 12.5. The third kappa shape index (κ3) is 5.38. The smallest absolute Gasteiger partial charge is 0.353 e. The number of hydrogen-bond donors (Lipinski definition) is 2. The second-order valence-electron chi connectivity index (χ2n) is 6.16. The molecule has 0 amide bonds. The van der Waals surface area contributed by atoms with E-state index in [-0.39, 0.29) is 17.3 Å². The van der Waals surface area contributed by atoms with E-state index in [2.05, 4.69) is 27.5 Å². The number of aromatic nitrogens is 2. The Morgan fingerprint density at radius 3 is 2.07 bits per heavy atom. The van der Waals surface area contributed by atoms with Crippen LogP contribution in [-0.4, -0.2) is 21.5 Å². The zero-order valence-corrected chi connectivity index (χ0v) is 15.8. The van der Waals surface area contributed by atoms with E-state index in [9.17, 15) is 14.5 Å². The Morgan fingerprint density at radius 1 is 1.00 bits per heavy atom. The van der Waals surface area contributed by atoms with Gasteiger partial charge in [-0.15, -0.1) is 0 Å². The molecule has 2 aromatic carbocycles. The van der Waals surface area contributed by atoms with Crippen molar-refractivity contribution in [1.82, 2.24) is 9.97 Å². The molecule has 0 spiro atoms. The van der Waals surface area contributed by atoms with Gasteiger partial charge in [0, 0.05) is 11.4 Å². The number of nitro groups is 1. The van der Waals surface area contributed by atoms with Crippen LogP contribution in [0.3, 0.4) is 0 Å². The summed E-state index contributed by atoms with van der Waals surface area (Å²) in [5.74, 6) is 0.352. The summed E-state index contributed by atoms with van der Waals surface area (Å²) in [5.41, 5.74) is 0.759. The third-order valence-electron chi connectivity index (χ3n) is 4.00. The normalized spacial score (nSPS) is 10.4. The van der Waals surface area contributed by atoms with Gasteiger partial charge in [0.1, 0.15) is 17.9 Å². The summed E-state index contributed by atoms with van der Waals surface area (Å²) in [4.78, 5) is 19.0. The Morgan fingerprint density at radius 2 is 1.55 bits per heavy atom. The number of benzene rings is 2. The zero-order valence-electron chi connectivity index (χ0n) is 15.8. The average molecular weight is 397 g/mol. The fourth-order valence-electron chi connectivity index (χ4n) is 2.51. The number of nitrogens with one attached hydrogen (secondary N) is 2. The lowest BCUT2D eigenvalue weighted by molar-refractivity contribution is -0.383. The van der Waals surface area contributed by atoms with Crippen LogP contribution < -0.4 is 15.4 Å². The molecule has 0 atom stereocenters. The number of ether oxygens (including phenoxy) is 1. The minimum Gasteiger partial charge on any atom is -0.494 e. The Bertz CT molecular complexity index is 965. The van der Waals surface area contributed by atoms with E-state index in [0.29, 0.717) is 18.0 Å². The van der Waals surface area contributed by atoms with Gasteiger partial charge in [-0.2, -0.15) is 0 Å². The van der Waals surface area contributed by atoms with E-state index in [4.69, 9.17) is 4.74 Å². The maximum absolute atomic E-state index is 13.1. The first kappa shape index (κ1) is 20.0. The number of nitrogens with zero attached hydrogens (tertiary/aromatic N) is 3. The molecule has 0 saturated heterocycles. The monoisotopic (exact) mass is 397 g/mol. The van der Waals surface area contributed by atoms with Crippen LogP contribution in [-0.2, 0) is 0 Å². The molecule has 1 heterocycles. The van der Waals surface area contributed by atoms with E-state index in [1.54, 1.807) is 24.3 Å². The van der Waals surface area contributed by atoms with Crippen LogP contribution in [0.25, 0.3) is 0 Å². The molecule has 1 aromatic heterocycles. The van der Waals surface area contributed by atoms with Gasteiger partial charge < -0.3 is 15.4 Å². The van der Waals surface area contributed by atoms with Crippen molar-refractivity contribution in [2.45, 2.75) is 19.8 Å². The SMILES string of the molecule is CCCCOc1ccc(Nc2ncnc(Nc3ccc(F)cc3)c2[N+](=O)[O-])cc1. The topological polar surface area (TPSA) is 102 Å². The van der Waals surface area contributed by atoms with Crippen molar-refractivity contribution in [3.05, 3.63) is 70.8 Å². The standard InChI is InChI=1S/C20H20FN5O3/c1-2-3-12-29-17-10-8-16(9-11-17)25-20-18(26(27)28)19(22-13-23-20)24-15-6-4-14(21)5-7-15/h4-11,13H,2-3,12H2,1H3,(H2,22,23,24,25). The number of hydrogen-bond acceptors (Lipinski definition) is 7. The van der Waals surface area contributed by atoms with Crippen LogP contribution >= 0.6 is 0 Å². The van der Waals surface area contributed by atoms with Gasteiger partial charge in [0.05, 0.1) is 11.5 Å². The van der Waals surface area contributed by atoms with Crippen molar-refractivity contribution in [3.63, 3.8) is 0 Å². The second kappa shape index (κ2) is 9.45. The predicted octanol–water partition coefficient (Wildman–Crippen LogP) is 5.19. The minimum absolute atomic E-state index is 0.00127. The van der Waals surface area contributed by atoms with E-state index in [1.807, 2.05) is 0 Å². The molecule has 3 aromatic rings. The highest BCUT2D eigenvalue weighted by molar-refractivity contribution is 5.76. The van der Waals surface area contributed by atoms with Gasteiger partial charge in [0.25, 0.3) is 0 Å². The molecule has 0 bridgehead atoms. The molecule has 0 radical (unpaired) electrons. The second-order valence-corrected chi connectivity index (χ2v) is 6.16. The van der Waals surface area contributed by atoms with Gasteiger partial charge in [-0.3, -0.25) is 10.1 Å². The molecule has 29 heavy (non-hydrogen) atoms. The van der Waals surface area contributed by atoms with Crippen LogP contribution in [0.2, 0.25) is 0 Å². The van der Waals surface area contributed by atoms with Gasteiger partial charge >= 0.3 is 5.69 Å². The number of halogens is 1. The van der Waals surface area contributed by atoms with Gasteiger partial charge in [0.15, 0.2) is 0 Å². The summed E-state index contributed by atoms with van der Waals surface area (Å²) in [7, 11) is 0. The van der Waals surface area contributed by atoms with Gasteiger partial charge in [-0.25, -0.2) is 14.4 Å². The number of unbranched alkanes of at least 4 members (excludes halogenated alkanes) is 1. The van der Waals surface area contributed by atoms with Crippen molar-refractivity contribution in [2.24, 2.45) is 0 Å². The van der Waals surface area contributed by atoms with Crippen LogP contribution in [0.5, 0.6) is 5.75 Å². The highest BCUT2D eigenvalue weighted by Crippen LogP contribution is 2.33. The molecule has 150 valence electrons. The molecular weight excluding hydrogens is 377 g/mol. The maximum atomic E-state index is 13.1. The lowest BCUT2D eigenvalue weighted by atomic mass is 10.3. The molecule has 9 heteroatoms. The van der Waals surface area contributed by atoms with Gasteiger partial charge in [-0.05, 0) is 55.0 Å². The Hall–Kier alpha value is -3.75. The van der Waals surface area contributed by atoms with Crippen molar-refractivity contribution in [1.29, 1.82) is 0 Å². The predicted molar refractivity (Wildman–Crippen MR) is 108 cm³/mol. The summed E-state index contributed by atoms with van der Waals surface area (Å²) >= 11 is 0. The first-order valence-corrected chi connectivity index (χ1v) is 9.08. The summed E-state index contributed by atoms with van der Waals surface area (Å²) in [5, 5.41) is 17.4. The van der Waals surface area contributed by atoms with Crippen LogP contribution in [0.15, 0.2) is 54.9 Å². The molecule has 0 fully saturated rings. The van der Waals surface area contributed by atoms with Crippen molar-refractivity contribution >= 4 is 28.7 Å². The van der Waals surface area contributed by atoms with Gasteiger partial charge in [-0.1, -0.05) is 13.3 Å². The van der Waals surface area contributed by atoms with Crippen LogP contribution in [0.1, 0.15) is 19.8 Å². The maximum Gasteiger partial charge on any atom is 0.353 e. The highest BCUT2D eigenvalue weighted by Gasteiger charge is 2.23. The van der Waals surface area contributed by atoms with E-state index in [0.717, 1.165) is 18.6 Å². The average Bonchev–Trinajstić information content (AvgIpc) is 2.71. The summed E-state index contributed by atoms with van der Waals surface area (Å²) < 4.78 is 18.7. The number of anilines is 4. The minimum atomic E-state index is -0.573. The Labute approximate surface area is 166 Å². The van der Waals surface area contributed by atoms with E-state index < -0.39 is 10.7 Å². The molecule has 0 saturated carbocycles. The number of rotatable bonds is 9. The molecule has 0 aliphatic rings. The van der Waals surface area contributed by atoms with Crippen LogP contribution in [0, 0.1) is 15.9 Å². The van der Waals surface area contributed by atoms with E-state index in [1.165, 1.54) is 30.6 Å². The van der Waals surface area contributed by atoms with Crippen molar-refractivity contribution < 1.29 is 14.1 Å². The lowest BCUT2D eigenvalue weighted by Gasteiger charge is -2.11. The molecule has 0 unspecified atom stereocenters. The first-order chi connectivity index (χ1) is 14.1. The summed E-state index contributed by atoms with van der Waals surface area (Å²) in [6.07, 6.45) is 3.23. The first-order valence-electron chi connectivity index (χ1n) is 9.08.